The van der Waals surface area contributed by atoms with E-state index in [1.165, 1.54) is 18.2 Å². The van der Waals surface area contributed by atoms with Crippen molar-refractivity contribution in [2.75, 3.05) is 29.9 Å². The van der Waals surface area contributed by atoms with E-state index in [0.29, 0.717) is 25.3 Å². The lowest BCUT2D eigenvalue weighted by Crippen LogP contribution is -2.32. The molecule has 4 rings (SSSR count). The number of amides is 2. The summed E-state index contributed by atoms with van der Waals surface area (Å²) >= 11 is 0. The molecule has 9 heteroatoms. The summed E-state index contributed by atoms with van der Waals surface area (Å²) in [6.45, 7) is 1.52. The second-order valence-electron chi connectivity index (χ2n) is 7.67. The number of sulfonamides is 1. The predicted octanol–water partition coefficient (Wildman–Crippen LogP) is 2.52. The van der Waals surface area contributed by atoms with Crippen molar-refractivity contribution in [3.05, 3.63) is 54.1 Å². The highest BCUT2D eigenvalue weighted by molar-refractivity contribution is 7.89. The van der Waals surface area contributed by atoms with Gasteiger partial charge in [-0.2, -0.15) is 0 Å². The summed E-state index contributed by atoms with van der Waals surface area (Å²) in [6.07, 6.45) is 2.98. The maximum atomic E-state index is 12.7. The lowest BCUT2D eigenvalue weighted by atomic mass is 10.2. The highest BCUT2D eigenvalue weighted by atomic mass is 32.2. The van der Waals surface area contributed by atoms with E-state index in [9.17, 15) is 18.0 Å². The van der Waals surface area contributed by atoms with Crippen LogP contribution in [0.15, 0.2) is 53.4 Å². The molecule has 2 aromatic carbocycles. The highest BCUT2D eigenvalue weighted by Crippen LogP contribution is 2.24. The molecule has 2 heterocycles. The summed E-state index contributed by atoms with van der Waals surface area (Å²) < 4.78 is 33.2. The molecule has 2 aliphatic rings. The lowest BCUT2D eigenvalue weighted by molar-refractivity contribution is -0.117. The summed E-state index contributed by atoms with van der Waals surface area (Å²) in [7, 11) is -3.75. The van der Waals surface area contributed by atoms with Crippen molar-refractivity contribution in [3.8, 4) is 0 Å². The molecule has 0 spiro atoms. The summed E-state index contributed by atoms with van der Waals surface area (Å²) in [4.78, 5) is 26.4. The first-order chi connectivity index (χ1) is 14.9. The largest absolute Gasteiger partial charge is 0.377 e. The van der Waals surface area contributed by atoms with Crippen molar-refractivity contribution in [1.29, 1.82) is 0 Å². The summed E-state index contributed by atoms with van der Waals surface area (Å²) in [5, 5.41) is 2.78. The smallest absolute Gasteiger partial charge is 0.255 e. The molecule has 2 aromatic rings. The van der Waals surface area contributed by atoms with Crippen LogP contribution < -0.4 is 14.9 Å². The van der Waals surface area contributed by atoms with Gasteiger partial charge in [0.05, 0.1) is 11.0 Å². The van der Waals surface area contributed by atoms with Gasteiger partial charge in [-0.15, -0.1) is 0 Å². The van der Waals surface area contributed by atoms with E-state index in [0.717, 1.165) is 24.9 Å². The van der Waals surface area contributed by atoms with Crippen LogP contribution in [0.4, 0.5) is 11.4 Å². The van der Waals surface area contributed by atoms with Gasteiger partial charge >= 0.3 is 0 Å². The van der Waals surface area contributed by atoms with Gasteiger partial charge in [-0.3, -0.25) is 9.59 Å². The number of ether oxygens (including phenoxy) is 1. The Morgan fingerprint density at radius 1 is 1.13 bits per heavy atom. The molecule has 2 N–H and O–H groups in total. The summed E-state index contributed by atoms with van der Waals surface area (Å²) in [6, 6.07) is 13.0. The highest BCUT2D eigenvalue weighted by Gasteiger charge is 2.23. The van der Waals surface area contributed by atoms with E-state index in [-0.39, 0.29) is 29.0 Å². The molecular weight excluding hydrogens is 418 g/mol. The molecule has 2 saturated heterocycles. The monoisotopic (exact) mass is 443 g/mol. The van der Waals surface area contributed by atoms with Gasteiger partial charge in [-0.1, -0.05) is 12.1 Å². The van der Waals surface area contributed by atoms with Crippen LogP contribution in [0.2, 0.25) is 0 Å². The SMILES string of the molecule is O=C(Nc1cccc(N2CCCC2=O)c1)c1cccc(S(=O)(=O)NC[C@H]2CCCO2)c1. The van der Waals surface area contributed by atoms with Crippen LogP contribution in [0.5, 0.6) is 0 Å². The number of hydrogen-bond acceptors (Lipinski definition) is 5. The summed E-state index contributed by atoms with van der Waals surface area (Å²) in [5.74, 6) is -0.363. The fourth-order valence-corrected chi connectivity index (χ4v) is 4.88. The molecule has 0 aromatic heterocycles. The molecule has 0 saturated carbocycles. The van der Waals surface area contributed by atoms with Crippen LogP contribution in [-0.4, -0.2) is 46.0 Å². The third-order valence-electron chi connectivity index (χ3n) is 5.42. The Bertz CT molecular complexity index is 1080. The van der Waals surface area contributed by atoms with Crippen molar-refractivity contribution in [2.24, 2.45) is 0 Å². The van der Waals surface area contributed by atoms with E-state index >= 15 is 0 Å². The van der Waals surface area contributed by atoms with Crippen molar-refractivity contribution < 1.29 is 22.7 Å². The molecule has 2 fully saturated rings. The topological polar surface area (TPSA) is 105 Å². The van der Waals surface area contributed by atoms with Crippen molar-refractivity contribution >= 4 is 33.2 Å². The number of carbonyl (C=O) groups is 2. The number of nitrogens with one attached hydrogen (secondary N) is 2. The summed E-state index contributed by atoms with van der Waals surface area (Å²) in [5.41, 5.74) is 1.49. The predicted molar refractivity (Wildman–Crippen MR) is 117 cm³/mol. The van der Waals surface area contributed by atoms with Gasteiger partial charge in [0, 0.05) is 43.1 Å². The number of hydrogen-bond donors (Lipinski definition) is 2. The number of nitrogens with zero attached hydrogens (tertiary/aromatic N) is 1. The van der Waals surface area contributed by atoms with Crippen molar-refractivity contribution in [3.63, 3.8) is 0 Å². The molecule has 2 aliphatic heterocycles. The quantitative estimate of drug-likeness (QED) is 0.684. The molecule has 31 heavy (non-hydrogen) atoms. The zero-order valence-corrected chi connectivity index (χ0v) is 17.9. The molecule has 0 bridgehead atoms. The Labute approximate surface area is 181 Å². The van der Waals surface area contributed by atoms with Gasteiger partial charge < -0.3 is 15.0 Å². The van der Waals surface area contributed by atoms with E-state index < -0.39 is 15.9 Å². The zero-order chi connectivity index (χ0) is 21.8. The fourth-order valence-electron chi connectivity index (χ4n) is 3.77. The number of carbonyl (C=O) groups excluding carboxylic acids is 2. The number of rotatable bonds is 7. The number of anilines is 2. The van der Waals surface area contributed by atoms with Crippen molar-refractivity contribution in [1.82, 2.24) is 4.72 Å². The van der Waals surface area contributed by atoms with E-state index in [2.05, 4.69) is 10.0 Å². The third kappa shape index (κ3) is 5.12. The average Bonchev–Trinajstić information content (AvgIpc) is 3.44. The normalized spacial score (nSPS) is 19.0. The standard InChI is InChI=1S/C22H25N3O5S/c26-21-10-3-11-25(21)18-7-2-6-17(14-18)24-22(27)16-5-1-9-20(13-16)31(28,29)23-15-19-8-4-12-30-19/h1-2,5-7,9,13-14,19,23H,3-4,8,10-12,15H2,(H,24,27)/t19-/m1/s1. The first-order valence-corrected chi connectivity index (χ1v) is 11.8. The maximum absolute atomic E-state index is 12.7. The van der Waals surface area contributed by atoms with Gasteiger partial charge in [0.15, 0.2) is 0 Å². The minimum absolute atomic E-state index is 0.0227. The average molecular weight is 444 g/mol. The molecule has 0 aliphatic carbocycles. The Kier molecular flexibility index (Phi) is 6.35. The zero-order valence-electron chi connectivity index (χ0n) is 17.0. The minimum atomic E-state index is -3.75. The van der Waals surface area contributed by atoms with Crippen molar-refractivity contribution in [2.45, 2.75) is 36.7 Å². The van der Waals surface area contributed by atoms with Crippen LogP contribution in [0.3, 0.4) is 0 Å². The molecule has 0 unspecified atom stereocenters. The lowest BCUT2D eigenvalue weighted by Gasteiger charge is -2.17. The fraction of sp³-hybridized carbons (Fsp3) is 0.364. The van der Waals surface area contributed by atoms with Gasteiger partial charge in [0.25, 0.3) is 5.91 Å². The van der Waals surface area contributed by atoms with Crippen LogP contribution in [0, 0.1) is 0 Å². The maximum Gasteiger partial charge on any atom is 0.255 e. The van der Waals surface area contributed by atoms with Crippen LogP contribution in [-0.2, 0) is 19.6 Å². The van der Waals surface area contributed by atoms with Gasteiger partial charge in [-0.05, 0) is 55.7 Å². The van der Waals surface area contributed by atoms with E-state index in [1.807, 2.05) is 6.07 Å². The van der Waals surface area contributed by atoms with Gasteiger partial charge in [-0.25, -0.2) is 13.1 Å². The first-order valence-electron chi connectivity index (χ1n) is 10.4. The molecular formula is C22H25N3O5S. The molecule has 2 amide bonds. The molecule has 164 valence electrons. The first kappa shape index (κ1) is 21.5. The third-order valence-corrected chi connectivity index (χ3v) is 6.84. The van der Waals surface area contributed by atoms with Gasteiger partial charge in [0.2, 0.25) is 15.9 Å². The van der Waals surface area contributed by atoms with Crippen LogP contribution in [0.25, 0.3) is 0 Å². The van der Waals surface area contributed by atoms with E-state index in [4.69, 9.17) is 4.74 Å². The Morgan fingerprint density at radius 2 is 1.97 bits per heavy atom. The van der Waals surface area contributed by atoms with E-state index in [1.54, 1.807) is 29.2 Å². The molecule has 8 nitrogen and oxygen atoms in total. The minimum Gasteiger partial charge on any atom is -0.377 e. The second-order valence-corrected chi connectivity index (χ2v) is 9.44. The van der Waals surface area contributed by atoms with Crippen LogP contribution in [0.1, 0.15) is 36.0 Å². The van der Waals surface area contributed by atoms with Crippen LogP contribution >= 0.6 is 0 Å². The Hall–Kier alpha value is -2.75. The Morgan fingerprint density at radius 3 is 2.71 bits per heavy atom. The number of benzene rings is 2. The Balaban J connectivity index is 1.45. The second kappa shape index (κ2) is 9.17. The molecule has 1 atom stereocenters. The van der Waals surface area contributed by atoms with Gasteiger partial charge in [0.1, 0.15) is 0 Å². The molecule has 0 radical (unpaired) electrons.